The molecule has 6 heteroatoms. The highest BCUT2D eigenvalue weighted by Crippen LogP contribution is 2.22. The van der Waals surface area contributed by atoms with E-state index >= 15 is 0 Å². The number of guanidine groups is 1. The van der Waals surface area contributed by atoms with E-state index in [-0.39, 0.29) is 0 Å². The fourth-order valence-electron chi connectivity index (χ4n) is 3.56. The van der Waals surface area contributed by atoms with Crippen molar-refractivity contribution in [1.82, 2.24) is 15.6 Å². The molecule has 0 amide bonds. The molecule has 2 heterocycles. The average Bonchev–Trinajstić information content (AvgIpc) is 3.11. The normalized spacial score (nSPS) is 16.0. The summed E-state index contributed by atoms with van der Waals surface area (Å²) in [6.07, 6.45) is 6.45. The van der Waals surface area contributed by atoms with Crippen LogP contribution in [0.5, 0.6) is 0 Å². The number of nitrogens with one attached hydrogen (secondary N) is 3. The molecule has 0 radical (unpaired) electrons. The molecular weight excluding hydrogens is 340 g/mol. The highest BCUT2D eigenvalue weighted by atomic mass is 16.5. The van der Waals surface area contributed by atoms with Gasteiger partial charge in [0.1, 0.15) is 0 Å². The summed E-state index contributed by atoms with van der Waals surface area (Å²) in [5, 5.41) is 8.10. The number of hydrogen-bond acceptors (Lipinski definition) is 3. The number of aromatic nitrogens is 1. The molecule has 1 aliphatic rings. The van der Waals surface area contributed by atoms with Gasteiger partial charge in [0.25, 0.3) is 0 Å². The van der Waals surface area contributed by atoms with E-state index in [4.69, 9.17) is 9.47 Å². The van der Waals surface area contributed by atoms with Gasteiger partial charge >= 0.3 is 0 Å². The smallest absolute Gasteiger partial charge is 0.190 e. The van der Waals surface area contributed by atoms with Crippen LogP contribution in [0.2, 0.25) is 0 Å². The zero-order valence-corrected chi connectivity index (χ0v) is 16.5. The first kappa shape index (κ1) is 19.7. The number of H-pyrrole nitrogens is 1. The number of benzene rings is 1. The van der Waals surface area contributed by atoms with Crippen LogP contribution in [0.1, 0.15) is 30.4 Å². The Morgan fingerprint density at radius 3 is 2.89 bits per heavy atom. The van der Waals surface area contributed by atoms with Crippen LogP contribution in [-0.4, -0.2) is 57.0 Å². The molecule has 0 atom stereocenters. The quantitative estimate of drug-likeness (QED) is 0.379. The summed E-state index contributed by atoms with van der Waals surface area (Å²) in [4.78, 5) is 7.66. The fraction of sp³-hybridized carbons (Fsp3) is 0.571. The second-order valence-corrected chi connectivity index (χ2v) is 7.02. The van der Waals surface area contributed by atoms with Crippen molar-refractivity contribution in [3.8, 4) is 0 Å². The SMILES string of the molecule is CN=C(NCCCOC1CCOCC1)NCCc1c[nH]c2cccc(C)c12. The van der Waals surface area contributed by atoms with Crippen LogP contribution in [0.3, 0.4) is 0 Å². The van der Waals surface area contributed by atoms with E-state index in [0.29, 0.717) is 6.10 Å². The molecule has 0 saturated carbocycles. The zero-order valence-electron chi connectivity index (χ0n) is 16.5. The molecular formula is C21H32N4O2. The molecule has 1 aromatic carbocycles. The molecule has 0 spiro atoms. The van der Waals surface area contributed by atoms with Gasteiger partial charge < -0.3 is 25.1 Å². The number of aliphatic imine (C=N–C) groups is 1. The first-order valence-corrected chi connectivity index (χ1v) is 9.97. The van der Waals surface area contributed by atoms with Crippen molar-refractivity contribution >= 4 is 16.9 Å². The van der Waals surface area contributed by atoms with Gasteiger partial charge in [-0.05, 0) is 49.8 Å². The number of ether oxygens (including phenoxy) is 2. The number of rotatable bonds is 8. The van der Waals surface area contributed by atoms with Crippen LogP contribution >= 0.6 is 0 Å². The molecule has 1 aromatic heterocycles. The molecule has 1 saturated heterocycles. The van der Waals surface area contributed by atoms with E-state index in [1.54, 1.807) is 0 Å². The Hall–Kier alpha value is -2.05. The van der Waals surface area contributed by atoms with E-state index in [9.17, 15) is 0 Å². The Balaban J connectivity index is 1.34. The summed E-state index contributed by atoms with van der Waals surface area (Å²) in [6, 6.07) is 6.38. The minimum atomic E-state index is 0.371. The maximum absolute atomic E-state index is 5.90. The van der Waals surface area contributed by atoms with E-state index in [1.807, 2.05) is 7.05 Å². The number of nitrogens with zero attached hydrogens (tertiary/aromatic N) is 1. The molecule has 1 aliphatic heterocycles. The van der Waals surface area contributed by atoms with Gasteiger partial charge in [-0.2, -0.15) is 0 Å². The maximum atomic E-state index is 5.90. The van der Waals surface area contributed by atoms with Crippen LogP contribution in [-0.2, 0) is 15.9 Å². The number of aromatic amines is 1. The molecule has 6 nitrogen and oxygen atoms in total. The molecule has 27 heavy (non-hydrogen) atoms. The Morgan fingerprint density at radius 1 is 1.26 bits per heavy atom. The number of hydrogen-bond donors (Lipinski definition) is 3. The Labute approximate surface area is 161 Å². The molecule has 0 bridgehead atoms. The number of aryl methyl sites for hydroxylation is 1. The topological polar surface area (TPSA) is 70.7 Å². The van der Waals surface area contributed by atoms with Crippen molar-refractivity contribution in [3.63, 3.8) is 0 Å². The van der Waals surface area contributed by atoms with Crippen molar-refractivity contribution in [2.75, 3.05) is 40.0 Å². The summed E-state index contributed by atoms with van der Waals surface area (Å²) in [6.45, 7) is 6.30. The lowest BCUT2D eigenvalue weighted by Crippen LogP contribution is -2.39. The van der Waals surface area contributed by atoms with E-state index in [0.717, 1.165) is 64.6 Å². The van der Waals surface area contributed by atoms with Crippen molar-refractivity contribution in [3.05, 3.63) is 35.5 Å². The summed E-state index contributed by atoms with van der Waals surface area (Å²) < 4.78 is 11.2. The summed E-state index contributed by atoms with van der Waals surface area (Å²) >= 11 is 0. The lowest BCUT2D eigenvalue weighted by molar-refractivity contribution is -0.0320. The van der Waals surface area contributed by atoms with Gasteiger partial charge in [-0.3, -0.25) is 4.99 Å². The van der Waals surface area contributed by atoms with Gasteiger partial charge in [0.2, 0.25) is 0 Å². The third-order valence-corrected chi connectivity index (χ3v) is 5.04. The third-order valence-electron chi connectivity index (χ3n) is 5.04. The van der Waals surface area contributed by atoms with Gasteiger partial charge in [-0.1, -0.05) is 12.1 Å². The lowest BCUT2D eigenvalue weighted by Gasteiger charge is -2.22. The fourth-order valence-corrected chi connectivity index (χ4v) is 3.56. The second kappa shape index (κ2) is 10.3. The van der Waals surface area contributed by atoms with Gasteiger partial charge in [0.05, 0.1) is 6.10 Å². The first-order chi connectivity index (χ1) is 13.3. The van der Waals surface area contributed by atoms with Crippen LogP contribution in [0.4, 0.5) is 0 Å². The molecule has 2 aromatic rings. The highest BCUT2D eigenvalue weighted by molar-refractivity contribution is 5.86. The first-order valence-electron chi connectivity index (χ1n) is 9.97. The summed E-state index contributed by atoms with van der Waals surface area (Å²) in [5.41, 5.74) is 3.86. The molecule has 3 rings (SSSR count). The minimum Gasteiger partial charge on any atom is -0.381 e. The molecule has 0 unspecified atom stereocenters. The molecule has 148 valence electrons. The Bertz CT molecular complexity index is 735. The Kier molecular flexibility index (Phi) is 7.54. The van der Waals surface area contributed by atoms with Gasteiger partial charge in [-0.15, -0.1) is 0 Å². The molecule has 1 fully saturated rings. The standard InChI is InChI=1S/C21H32N4O2/c1-16-5-3-6-19-20(16)17(15-25-19)7-11-24-21(22-2)23-10-4-12-27-18-8-13-26-14-9-18/h3,5-6,15,18,25H,4,7-14H2,1-2H3,(H2,22,23,24). The predicted octanol–water partition coefficient (Wildman–Crippen LogP) is 2.77. The predicted molar refractivity (Wildman–Crippen MR) is 111 cm³/mol. The van der Waals surface area contributed by atoms with E-state index < -0.39 is 0 Å². The highest BCUT2D eigenvalue weighted by Gasteiger charge is 2.13. The van der Waals surface area contributed by atoms with Crippen molar-refractivity contribution < 1.29 is 9.47 Å². The van der Waals surface area contributed by atoms with Crippen LogP contribution in [0.15, 0.2) is 29.4 Å². The summed E-state index contributed by atoms with van der Waals surface area (Å²) in [5.74, 6) is 0.845. The summed E-state index contributed by atoms with van der Waals surface area (Å²) in [7, 11) is 1.81. The van der Waals surface area contributed by atoms with E-state index in [2.05, 4.69) is 51.9 Å². The van der Waals surface area contributed by atoms with Gasteiger partial charge in [0, 0.05) is 57.1 Å². The Morgan fingerprint density at radius 2 is 2.07 bits per heavy atom. The minimum absolute atomic E-state index is 0.371. The van der Waals surface area contributed by atoms with Crippen LogP contribution in [0.25, 0.3) is 10.9 Å². The number of fused-ring (bicyclic) bond motifs is 1. The van der Waals surface area contributed by atoms with E-state index in [1.165, 1.54) is 22.0 Å². The van der Waals surface area contributed by atoms with Crippen molar-refractivity contribution in [1.29, 1.82) is 0 Å². The van der Waals surface area contributed by atoms with Crippen LogP contribution < -0.4 is 10.6 Å². The van der Waals surface area contributed by atoms with Crippen molar-refractivity contribution in [2.45, 2.75) is 38.7 Å². The third kappa shape index (κ3) is 5.71. The lowest BCUT2D eigenvalue weighted by atomic mass is 10.1. The molecule has 0 aliphatic carbocycles. The zero-order chi connectivity index (χ0) is 18.9. The largest absolute Gasteiger partial charge is 0.381 e. The van der Waals surface area contributed by atoms with Gasteiger partial charge in [-0.25, -0.2) is 0 Å². The van der Waals surface area contributed by atoms with Crippen molar-refractivity contribution in [2.24, 2.45) is 4.99 Å². The van der Waals surface area contributed by atoms with Crippen LogP contribution in [0, 0.1) is 6.92 Å². The van der Waals surface area contributed by atoms with Gasteiger partial charge in [0.15, 0.2) is 5.96 Å². The molecule has 3 N–H and O–H groups in total. The second-order valence-electron chi connectivity index (χ2n) is 7.02. The monoisotopic (exact) mass is 372 g/mol. The maximum Gasteiger partial charge on any atom is 0.190 e. The average molecular weight is 373 g/mol.